The first kappa shape index (κ1) is 14.1. The van der Waals surface area contributed by atoms with Crippen molar-refractivity contribution in [3.05, 3.63) is 0 Å². The molecule has 2 heteroatoms. The van der Waals surface area contributed by atoms with E-state index in [1.807, 2.05) is 6.92 Å². The van der Waals surface area contributed by atoms with Crippen LogP contribution in [0.1, 0.15) is 52.9 Å². The molecule has 1 rings (SSSR count). The van der Waals surface area contributed by atoms with Gasteiger partial charge in [0, 0.05) is 6.42 Å². The second kappa shape index (κ2) is 6.69. The number of aliphatic carboxylic acids is 1. The van der Waals surface area contributed by atoms with Crippen LogP contribution < -0.4 is 0 Å². The summed E-state index contributed by atoms with van der Waals surface area (Å²) in [5.41, 5.74) is 0. The highest BCUT2D eigenvalue weighted by atomic mass is 16.4. The van der Waals surface area contributed by atoms with Crippen LogP contribution in [0.4, 0.5) is 0 Å². The van der Waals surface area contributed by atoms with E-state index >= 15 is 0 Å². The van der Waals surface area contributed by atoms with Crippen molar-refractivity contribution in [3.63, 3.8) is 0 Å². The predicted octanol–water partition coefficient (Wildman–Crippen LogP) is 3.56. The molecule has 0 bridgehead atoms. The van der Waals surface area contributed by atoms with E-state index in [1.54, 1.807) is 0 Å². The van der Waals surface area contributed by atoms with Gasteiger partial charge in [-0.3, -0.25) is 4.79 Å². The number of carboxylic acids is 1. The molecule has 1 saturated carbocycles. The van der Waals surface area contributed by atoms with Crippen LogP contribution in [0.3, 0.4) is 0 Å². The maximum absolute atomic E-state index is 11.2. The first-order valence-corrected chi connectivity index (χ1v) is 6.68. The van der Waals surface area contributed by atoms with Gasteiger partial charge in [0.1, 0.15) is 0 Å². The third-order valence-electron chi connectivity index (χ3n) is 4.10. The Kier molecular flexibility index (Phi) is 5.55. The lowest BCUT2D eigenvalue weighted by atomic mass is 9.69. The average molecular weight is 236 g/mol. The van der Waals surface area contributed by atoms with Crippen molar-refractivity contribution in [1.29, 1.82) is 0 Å². The molecule has 0 heterocycles. The molecule has 3 atom stereocenters. The smallest absolute Gasteiger partial charge is 0.306 e. The first-order chi connectivity index (χ1) is 8.06. The molecule has 0 amide bonds. The highest BCUT2D eigenvalue weighted by molar-refractivity contribution is 5.70. The fourth-order valence-electron chi connectivity index (χ4n) is 2.93. The molecule has 0 aromatic rings. The molecule has 3 unspecified atom stereocenters. The Balaban J connectivity index is 2.61. The second-order valence-corrected chi connectivity index (χ2v) is 5.49. The van der Waals surface area contributed by atoms with Crippen molar-refractivity contribution in [1.82, 2.24) is 0 Å². The summed E-state index contributed by atoms with van der Waals surface area (Å²) in [5, 5.41) is 9.25. The molecule has 0 aromatic heterocycles. The van der Waals surface area contributed by atoms with Crippen LogP contribution in [0.5, 0.6) is 0 Å². The molecule has 0 saturated heterocycles. The van der Waals surface area contributed by atoms with Crippen LogP contribution >= 0.6 is 0 Å². The van der Waals surface area contributed by atoms with Gasteiger partial charge in [-0.15, -0.1) is 11.8 Å². The molecule has 1 aliphatic carbocycles. The number of rotatable bonds is 4. The summed E-state index contributed by atoms with van der Waals surface area (Å²) in [6.45, 7) is 6.33. The van der Waals surface area contributed by atoms with Gasteiger partial charge >= 0.3 is 5.97 Å². The molecular formula is C15H24O2. The van der Waals surface area contributed by atoms with E-state index in [-0.39, 0.29) is 5.92 Å². The summed E-state index contributed by atoms with van der Waals surface area (Å²) in [4.78, 5) is 11.2. The third-order valence-corrected chi connectivity index (χ3v) is 4.10. The van der Waals surface area contributed by atoms with Gasteiger partial charge in [0.2, 0.25) is 0 Å². The SMILES string of the molecule is CC#CCCC1CC(C(C)C)CCC1C(=O)O. The van der Waals surface area contributed by atoms with Gasteiger partial charge in [0.05, 0.1) is 5.92 Å². The van der Waals surface area contributed by atoms with E-state index < -0.39 is 5.97 Å². The molecule has 1 N–H and O–H groups in total. The minimum Gasteiger partial charge on any atom is -0.481 e. The van der Waals surface area contributed by atoms with Gasteiger partial charge in [0.25, 0.3) is 0 Å². The summed E-state index contributed by atoms with van der Waals surface area (Å²) < 4.78 is 0. The predicted molar refractivity (Wildman–Crippen MR) is 69.5 cm³/mol. The van der Waals surface area contributed by atoms with Crippen molar-refractivity contribution in [3.8, 4) is 11.8 Å². The Morgan fingerprint density at radius 1 is 1.41 bits per heavy atom. The molecule has 0 radical (unpaired) electrons. The molecular weight excluding hydrogens is 212 g/mol. The van der Waals surface area contributed by atoms with Crippen molar-refractivity contribution < 1.29 is 9.90 Å². The summed E-state index contributed by atoms with van der Waals surface area (Å²) in [6.07, 6.45) is 4.78. The molecule has 0 aliphatic heterocycles. The molecule has 96 valence electrons. The van der Waals surface area contributed by atoms with Gasteiger partial charge in [0.15, 0.2) is 0 Å². The van der Waals surface area contributed by atoms with E-state index in [0.717, 1.165) is 32.1 Å². The van der Waals surface area contributed by atoms with Crippen molar-refractivity contribution in [2.24, 2.45) is 23.7 Å². The van der Waals surface area contributed by atoms with Gasteiger partial charge in [-0.25, -0.2) is 0 Å². The Bertz CT molecular complexity index is 309. The molecule has 1 fully saturated rings. The van der Waals surface area contributed by atoms with E-state index in [4.69, 9.17) is 0 Å². The molecule has 0 spiro atoms. The molecule has 17 heavy (non-hydrogen) atoms. The van der Waals surface area contributed by atoms with Crippen molar-refractivity contribution in [2.45, 2.75) is 52.9 Å². The van der Waals surface area contributed by atoms with Crippen LogP contribution in [0, 0.1) is 35.5 Å². The van der Waals surface area contributed by atoms with Crippen LogP contribution in [-0.4, -0.2) is 11.1 Å². The normalized spacial score (nSPS) is 28.6. The number of carbonyl (C=O) groups is 1. The van der Waals surface area contributed by atoms with E-state index in [9.17, 15) is 9.90 Å². The Hall–Kier alpha value is -0.970. The lowest BCUT2D eigenvalue weighted by Gasteiger charge is -2.35. The topological polar surface area (TPSA) is 37.3 Å². The minimum atomic E-state index is -0.610. The quantitative estimate of drug-likeness (QED) is 0.758. The Morgan fingerprint density at radius 2 is 2.12 bits per heavy atom. The largest absolute Gasteiger partial charge is 0.481 e. The average Bonchev–Trinajstić information content (AvgIpc) is 2.28. The second-order valence-electron chi connectivity index (χ2n) is 5.49. The van der Waals surface area contributed by atoms with Gasteiger partial charge in [-0.1, -0.05) is 13.8 Å². The number of carboxylic acid groups (broad SMARTS) is 1. The van der Waals surface area contributed by atoms with Crippen LogP contribution in [0.25, 0.3) is 0 Å². The fraction of sp³-hybridized carbons (Fsp3) is 0.800. The maximum Gasteiger partial charge on any atom is 0.306 e. The summed E-state index contributed by atoms with van der Waals surface area (Å²) in [5.74, 6) is 6.90. The van der Waals surface area contributed by atoms with Crippen LogP contribution in [0.2, 0.25) is 0 Å². The molecule has 0 aromatic carbocycles. The zero-order valence-corrected chi connectivity index (χ0v) is 11.2. The van der Waals surface area contributed by atoms with Crippen LogP contribution in [-0.2, 0) is 4.79 Å². The Labute approximate surface area is 105 Å². The molecule has 1 aliphatic rings. The van der Waals surface area contributed by atoms with E-state index in [0.29, 0.717) is 17.8 Å². The van der Waals surface area contributed by atoms with E-state index in [2.05, 4.69) is 25.7 Å². The summed E-state index contributed by atoms with van der Waals surface area (Å²) in [7, 11) is 0. The summed E-state index contributed by atoms with van der Waals surface area (Å²) >= 11 is 0. The van der Waals surface area contributed by atoms with Crippen molar-refractivity contribution >= 4 is 5.97 Å². The van der Waals surface area contributed by atoms with Crippen molar-refractivity contribution in [2.75, 3.05) is 0 Å². The standard InChI is InChI=1S/C15H24O2/c1-4-5-6-7-13-10-12(11(2)3)8-9-14(13)15(16)17/h11-14H,6-10H2,1-3H3,(H,16,17). The zero-order valence-electron chi connectivity index (χ0n) is 11.2. The minimum absolute atomic E-state index is 0.136. The third kappa shape index (κ3) is 4.07. The number of hydrogen-bond donors (Lipinski definition) is 1. The van der Waals surface area contributed by atoms with E-state index in [1.165, 1.54) is 0 Å². The zero-order chi connectivity index (χ0) is 12.8. The highest BCUT2D eigenvalue weighted by Gasteiger charge is 2.35. The first-order valence-electron chi connectivity index (χ1n) is 6.68. The summed E-state index contributed by atoms with van der Waals surface area (Å²) in [6, 6.07) is 0. The highest BCUT2D eigenvalue weighted by Crippen LogP contribution is 2.39. The lowest BCUT2D eigenvalue weighted by molar-refractivity contribution is -0.145. The van der Waals surface area contributed by atoms with Gasteiger partial charge in [-0.05, 0) is 50.4 Å². The van der Waals surface area contributed by atoms with Gasteiger partial charge < -0.3 is 5.11 Å². The monoisotopic (exact) mass is 236 g/mol. The molecule has 2 nitrogen and oxygen atoms in total. The maximum atomic E-state index is 11.2. The number of hydrogen-bond acceptors (Lipinski definition) is 1. The van der Waals surface area contributed by atoms with Gasteiger partial charge in [-0.2, -0.15) is 0 Å². The van der Waals surface area contributed by atoms with Crippen LogP contribution in [0.15, 0.2) is 0 Å². The Morgan fingerprint density at radius 3 is 2.65 bits per heavy atom. The fourth-order valence-corrected chi connectivity index (χ4v) is 2.93. The lowest BCUT2D eigenvalue weighted by Crippen LogP contribution is -2.32.